The maximum atomic E-state index is 12.7. The van der Waals surface area contributed by atoms with E-state index < -0.39 is 0 Å². The van der Waals surface area contributed by atoms with Crippen molar-refractivity contribution in [2.45, 2.75) is 39.7 Å². The van der Waals surface area contributed by atoms with E-state index >= 15 is 0 Å². The maximum Gasteiger partial charge on any atom is 0.254 e. The van der Waals surface area contributed by atoms with Crippen molar-refractivity contribution in [2.75, 3.05) is 31.6 Å². The number of rotatable bonds is 4. The van der Waals surface area contributed by atoms with Gasteiger partial charge in [-0.15, -0.1) is 0 Å². The Morgan fingerprint density at radius 3 is 2.81 bits per heavy atom. The van der Waals surface area contributed by atoms with Crippen LogP contribution in [0.15, 0.2) is 12.1 Å². The summed E-state index contributed by atoms with van der Waals surface area (Å²) in [5.41, 5.74) is 1.36. The number of anilines is 1. The molecule has 1 aromatic heterocycles. The van der Waals surface area contributed by atoms with Crippen molar-refractivity contribution in [3.05, 3.63) is 23.4 Å². The molecule has 2 rings (SSSR count). The molecular weight excluding hydrogens is 266 g/mol. The van der Waals surface area contributed by atoms with Crippen LogP contribution in [0.1, 0.15) is 43.7 Å². The summed E-state index contributed by atoms with van der Waals surface area (Å²) in [7, 11) is 0. The van der Waals surface area contributed by atoms with E-state index in [0.717, 1.165) is 24.5 Å². The average molecular weight is 291 g/mol. The molecule has 1 amide bonds. The summed E-state index contributed by atoms with van der Waals surface area (Å²) in [5, 5.41) is 3.19. The van der Waals surface area contributed by atoms with Gasteiger partial charge >= 0.3 is 0 Å². The number of nitrogens with one attached hydrogen (secondary N) is 1. The first-order valence-electron chi connectivity index (χ1n) is 7.63. The highest BCUT2D eigenvalue weighted by atomic mass is 16.5. The van der Waals surface area contributed by atoms with Gasteiger partial charge in [-0.05, 0) is 39.3 Å². The Morgan fingerprint density at radius 2 is 2.19 bits per heavy atom. The minimum Gasteiger partial charge on any atom is -0.372 e. The molecule has 5 heteroatoms. The third-order valence-electron chi connectivity index (χ3n) is 3.56. The lowest BCUT2D eigenvalue weighted by Crippen LogP contribution is -2.50. The predicted octanol–water partition coefficient (Wildman–Crippen LogP) is 2.33. The molecule has 21 heavy (non-hydrogen) atoms. The molecule has 1 aliphatic heterocycles. The van der Waals surface area contributed by atoms with Gasteiger partial charge in [-0.3, -0.25) is 4.79 Å². The van der Waals surface area contributed by atoms with E-state index in [2.05, 4.69) is 10.3 Å². The summed E-state index contributed by atoms with van der Waals surface area (Å²) < 4.78 is 5.67. The first-order chi connectivity index (χ1) is 9.95. The summed E-state index contributed by atoms with van der Waals surface area (Å²) >= 11 is 0. The van der Waals surface area contributed by atoms with Crippen LogP contribution in [0, 0.1) is 0 Å². The van der Waals surface area contributed by atoms with Crippen LogP contribution < -0.4 is 5.32 Å². The molecule has 116 valence electrons. The zero-order chi connectivity index (χ0) is 15.5. The molecule has 2 heterocycles. The fourth-order valence-corrected chi connectivity index (χ4v) is 2.54. The highest BCUT2D eigenvalue weighted by Gasteiger charge is 2.30. The number of pyridine rings is 1. The van der Waals surface area contributed by atoms with Crippen LogP contribution in [0.3, 0.4) is 0 Å². The van der Waals surface area contributed by atoms with Gasteiger partial charge in [-0.25, -0.2) is 4.98 Å². The van der Waals surface area contributed by atoms with Crippen LogP contribution in [0.25, 0.3) is 0 Å². The summed E-state index contributed by atoms with van der Waals surface area (Å²) in [5.74, 6) is 0.829. The number of hydrogen-bond donors (Lipinski definition) is 1. The zero-order valence-electron chi connectivity index (χ0n) is 13.4. The number of ether oxygens (including phenoxy) is 1. The molecule has 1 saturated heterocycles. The number of carbonyl (C=O) groups is 1. The largest absolute Gasteiger partial charge is 0.372 e. The summed E-state index contributed by atoms with van der Waals surface area (Å²) in [6.45, 7) is 10.7. The van der Waals surface area contributed by atoms with Crippen LogP contribution in [0.2, 0.25) is 0 Å². The molecular formula is C16H25N3O2. The van der Waals surface area contributed by atoms with Crippen molar-refractivity contribution in [3.8, 4) is 0 Å². The average Bonchev–Trinajstić information content (AvgIpc) is 2.45. The molecule has 0 saturated carbocycles. The Bertz CT molecular complexity index is 514. The predicted molar refractivity (Wildman–Crippen MR) is 83.7 cm³/mol. The van der Waals surface area contributed by atoms with E-state index in [0.29, 0.717) is 25.3 Å². The van der Waals surface area contributed by atoms with Gasteiger partial charge in [0.15, 0.2) is 0 Å². The summed E-state index contributed by atoms with van der Waals surface area (Å²) in [4.78, 5) is 19.1. The number of nitrogens with zero attached hydrogens (tertiary/aromatic N) is 2. The van der Waals surface area contributed by atoms with Gasteiger partial charge in [-0.1, -0.05) is 6.92 Å². The van der Waals surface area contributed by atoms with Crippen molar-refractivity contribution in [3.63, 3.8) is 0 Å². The molecule has 0 bridgehead atoms. The van der Waals surface area contributed by atoms with E-state index in [1.807, 2.05) is 44.7 Å². The third kappa shape index (κ3) is 3.94. The number of hydrogen-bond acceptors (Lipinski definition) is 4. The van der Waals surface area contributed by atoms with Gasteiger partial charge in [0.05, 0.1) is 12.2 Å². The monoisotopic (exact) mass is 291 g/mol. The molecule has 0 atom stereocenters. The highest BCUT2D eigenvalue weighted by Crippen LogP contribution is 2.20. The molecule has 1 fully saturated rings. The van der Waals surface area contributed by atoms with E-state index in [1.54, 1.807) is 0 Å². The Kier molecular flexibility index (Phi) is 4.83. The third-order valence-corrected chi connectivity index (χ3v) is 3.56. The van der Waals surface area contributed by atoms with Crippen molar-refractivity contribution < 1.29 is 9.53 Å². The Balaban J connectivity index is 2.23. The zero-order valence-corrected chi connectivity index (χ0v) is 13.4. The Labute approximate surface area is 126 Å². The molecule has 0 aromatic carbocycles. The molecule has 0 radical (unpaired) electrons. The number of morpholine rings is 1. The smallest absolute Gasteiger partial charge is 0.254 e. The van der Waals surface area contributed by atoms with Gasteiger partial charge in [0.2, 0.25) is 0 Å². The normalized spacial score (nSPS) is 17.6. The van der Waals surface area contributed by atoms with Crippen LogP contribution in [-0.2, 0) is 11.2 Å². The molecule has 0 unspecified atom stereocenters. The topological polar surface area (TPSA) is 54.5 Å². The minimum absolute atomic E-state index is 0.0580. The molecule has 1 aliphatic rings. The fourth-order valence-electron chi connectivity index (χ4n) is 2.54. The molecule has 1 aromatic rings. The second kappa shape index (κ2) is 6.43. The lowest BCUT2D eigenvalue weighted by Gasteiger charge is -2.38. The van der Waals surface area contributed by atoms with Gasteiger partial charge in [0.25, 0.3) is 5.91 Å². The first-order valence-corrected chi connectivity index (χ1v) is 7.63. The van der Waals surface area contributed by atoms with Gasteiger partial charge < -0.3 is 15.0 Å². The number of carbonyl (C=O) groups excluding carboxylic acids is 1. The Hall–Kier alpha value is -1.62. The van der Waals surface area contributed by atoms with Crippen molar-refractivity contribution >= 4 is 11.7 Å². The van der Waals surface area contributed by atoms with Crippen LogP contribution in [0.5, 0.6) is 0 Å². The van der Waals surface area contributed by atoms with Crippen molar-refractivity contribution in [1.29, 1.82) is 0 Å². The number of amides is 1. The molecule has 1 N–H and O–H groups in total. The van der Waals surface area contributed by atoms with Gasteiger partial charge in [0.1, 0.15) is 5.82 Å². The molecule has 0 spiro atoms. The van der Waals surface area contributed by atoms with Crippen molar-refractivity contribution in [2.24, 2.45) is 0 Å². The highest BCUT2D eigenvalue weighted by molar-refractivity contribution is 5.95. The second-order valence-corrected chi connectivity index (χ2v) is 5.95. The van der Waals surface area contributed by atoms with Crippen molar-refractivity contribution in [1.82, 2.24) is 9.88 Å². The van der Waals surface area contributed by atoms with Crippen LogP contribution in [-0.4, -0.2) is 47.6 Å². The van der Waals surface area contributed by atoms with Gasteiger partial charge in [-0.2, -0.15) is 0 Å². The number of aromatic nitrogens is 1. The van der Waals surface area contributed by atoms with Gasteiger partial charge in [0, 0.05) is 30.9 Å². The summed E-state index contributed by atoms with van der Waals surface area (Å²) in [6.07, 6.45) is 0.814. The number of aryl methyl sites for hydroxylation is 1. The molecule has 5 nitrogen and oxygen atoms in total. The van der Waals surface area contributed by atoms with E-state index in [4.69, 9.17) is 4.74 Å². The quantitative estimate of drug-likeness (QED) is 0.925. The maximum absolute atomic E-state index is 12.7. The lowest BCUT2D eigenvalue weighted by atomic mass is 10.1. The minimum atomic E-state index is -0.279. The fraction of sp³-hybridized carbons (Fsp3) is 0.625. The SMILES string of the molecule is CCNc1cc(C(=O)N2CCOC(C)(C)C2)cc(CC)n1. The van der Waals surface area contributed by atoms with E-state index in [1.165, 1.54) is 0 Å². The molecule has 0 aliphatic carbocycles. The first kappa shape index (κ1) is 15.8. The standard InChI is InChI=1S/C16H25N3O2/c1-5-13-9-12(10-14(18-13)17-6-2)15(20)19-7-8-21-16(3,4)11-19/h9-10H,5-8,11H2,1-4H3,(H,17,18). The van der Waals surface area contributed by atoms with E-state index in [-0.39, 0.29) is 11.5 Å². The van der Waals surface area contributed by atoms with Crippen LogP contribution in [0.4, 0.5) is 5.82 Å². The van der Waals surface area contributed by atoms with E-state index in [9.17, 15) is 4.79 Å². The van der Waals surface area contributed by atoms with Crippen LogP contribution >= 0.6 is 0 Å². The summed E-state index contributed by atoms with van der Waals surface area (Å²) in [6, 6.07) is 3.74. The Morgan fingerprint density at radius 1 is 1.43 bits per heavy atom. The lowest BCUT2D eigenvalue weighted by molar-refractivity contribution is -0.0764. The second-order valence-electron chi connectivity index (χ2n) is 5.95.